The van der Waals surface area contributed by atoms with Crippen molar-refractivity contribution in [3.63, 3.8) is 0 Å². The largest absolute Gasteiger partial charge is 0.508 e. The third-order valence-corrected chi connectivity index (χ3v) is 5.33. The van der Waals surface area contributed by atoms with Crippen LogP contribution < -0.4 is 16.4 Å². The second-order valence-corrected chi connectivity index (χ2v) is 8.09. The molecule has 0 spiro atoms. The van der Waals surface area contributed by atoms with Crippen molar-refractivity contribution in [1.29, 1.82) is 0 Å². The molecule has 0 radical (unpaired) electrons. The Hall–Kier alpha value is -4.38. The van der Waals surface area contributed by atoms with E-state index in [1.54, 1.807) is 24.3 Å². The van der Waals surface area contributed by atoms with Crippen molar-refractivity contribution in [2.75, 3.05) is 0 Å². The normalized spacial score (nSPS) is 13.4. The van der Waals surface area contributed by atoms with Crippen molar-refractivity contribution in [2.45, 2.75) is 37.4 Å². The molecule has 11 heteroatoms. The summed E-state index contributed by atoms with van der Waals surface area (Å²) in [5, 5.41) is 33.7. The number of phenolic OH excluding ortho intramolecular Hbond substituents is 2. The van der Waals surface area contributed by atoms with Gasteiger partial charge in [0, 0.05) is 31.2 Å². The number of imidazole rings is 1. The average Bonchev–Trinajstić information content (AvgIpc) is 3.33. The summed E-state index contributed by atoms with van der Waals surface area (Å²) in [5.74, 6) is -2.47. The van der Waals surface area contributed by atoms with Crippen LogP contribution in [0.1, 0.15) is 16.8 Å². The van der Waals surface area contributed by atoms with E-state index in [2.05, 4.69) is 20.6 Å². The van der Waals surface area contributed by atoms with E-state index in [1.165, 1.54) is 36.8 Å². The molecule has 0 bridgehead atoms. The van der Waals surface area contributed by atoms with Crippen LogP contribution in [0, 0.1) is 0 Å². The van der Waals surface area contributed by atoms with Gasteiger partial charge in [-0.2, -0.15) is 0 Å². The first kappa shape index (κ1) is 25.2. The Morgan fingerprint density at radius 3 is 1.83 bits per heavy atom. The summed E-state index contributed by atoms with van der Waals surface area (Å²) in [6, 6.07) is 8.67. The molecule has 2 aromatic carbocycles. The van der Waals surface area contributed by atoms with Gasteiger partial charge in [0.25, 0.3) is 0 Å². The molecule has 0 aliphatic rings. The van der Waals surface area contributed by atoms with Crippen molar-refractivity contribution in [3.8, 4) is 11.5 Å². The molecule has 0 fully saturated rings. The lowest BCUT2D eigenvalue weighted by Crippen LogP contribution is -2.55. The number of aliphatic carboxylic acids is 1. The Bertz CT molecular complexity index is 1130. The van der Waals surface area contributed by atoms with Gasteiger partial charge in [-0.05, 0) is 35.4 Å². The van der Waals surface area contributed by atoms with Gasteiger partial charge in [-0.3, -0.25) is 9.59 Å². The monoisotopic (exact) mass is 481 g/mol. The van der Waals surface area contributed by atoms with Gasteiger partial charge in [-0.25, -0.2) is 9.78 Å². The van der Waals surface area contributed by atoms with Crippen molar-refractivity contribution in [2.24, 2.45) is 5.73 Å². The van der Waals surface area contributed by atoms with Gasteiger partial charge in [-0.15, -0.1) is 0 Å². The van der Waals surface area contributed by atoms with Gasteiger partial charge in [0.15, 0.2) is 0 Å². The standard InChI is InChI=1S/C24H27N5O6/c25-19(11-16-12-26-13-27-16)22(32)28-20(9-14-1-5-17(30)6-2-14)23(33)29-21(24(34)35)10-15-3-7-18(31)8-4-15/h1-8,12-13,19-21,30-31H,9-11,25H2,(H,26,27)(H,28,32)(H,29,33)(H,34,35). The third kappa shape index (κ3) is 7.57. The number of nitrogens with two attached hydrogens (primary N) is 1. The molecule has 3 rings (SSSR count). The molecule has 1 aromatic heterocycles. The smallest absolute Gasteiger partial charge is 0.326 e. The summed E-state index contributed by atoms with van der Waals surface area (Å²) in [7, 11) is 0. The minimum Gasteiger partial charge on any atom is -0.508 e. The Labute approximate surface area is 201 Å². The van der Waals surface area contributed by atoms with Crippen molar-refractivity contribution < 1.29 is 29.7 Å². The number of H-pyrrole nitrogens is 1. The molecule has 8 N–H and O–H groups in total. The highest BCUT2D eigenvalue weighted by Gasteiger charge is 2.28. The number of hydrogen-bond acceptors (Lipinski definition) is 7. The predicted molar refractivity (Wildman–Crippen MR) is 125 cm³/mol. The zero-order valence-electron chi connectivity index (χ0n) is 18.7. The Kier molecular flexibility index (Phi) is 8.41. The SMILES string of the molecule is NC(Cc1cnc[nH]1)C(=O)NC(Cc1ccc(O)cc1)C(=O)NC(Cc1ccc(O)cc1)C(=O)O. The number of hydrogen-bond donors (Lipinski definition) is 7. The van der Waals surface area contributed by atoms with Crippen LogP contribution in [0.4, 0.5) is 0 Å². The number of benzene rings is 2. The number of aromatic hydroxyl groups is 2. The first-order valence-corrected chi connectivity index (χ1v) is 10.8. The van der Waals surface area contributed by atoms with Crippen LogP contribution in [0.3, 0.4) is 0 Å². The molecule has 0 aliphatic carbocycles. The van der Waals surface area contributed by atoms with Crippen LogP contribution in [0.5, 0.6) is 11.5 Å². The topological polar surface area (TPSA) is 191 Å². The molecular formula is C24H27N5O6. The Morgan fingerprint density at radius 2 is 1.34 bits per heavy atom. The zero-order valence-corrected chi connectivity index (χ0v) is 18.7. The van der Waals surface area contributed by atoms with E-state index in [-0.39, 0.29) is 30.8 Å². The van der Waals surface area contributed by atoms with Crippen LogP contribution in [0.25, 0.3) is 0 Å². The summed E-state index contributed by atoms with van der Waals surface area (Å²) < 4.78 is 0. The number of carbonyl (C=O) groups excluding carboxylic acids is 2. The average molecular weight is 482 g/mol. The predicted octanol–water partition coefficient (Wildman–Crippen LogP) is 0.230. The number of aromatic amines is 1. The maximum absolute atomic E-state index is 13.1. The highest BCUT2D eigenvalue weighted by Crippen LogP contribution is 2.14. The minimum atomic E-state index is -1.27. The minimum absolute atomic E-state index is 0.0272. The van der Waals surface area contributed by atoms with Gasteiger partial charge >= 0.3 is 5.97 Å². The molecule has 11 nitrogen and oxygen atoms in total. The Morgan fingerprint density at radius 1 is 0.829 bits per heavy atom. The van der Waals surface area contributed by atoms with Crippen molar-refractivity contribution in [3.05, 3.63) is 77.9 Å². The van der Waals surface area contributed by atoms with E-state index in [0.29, 0.717) is 16.8 Å². The number of carboxylic acids is 1. The maximum Gasteiger partial charge on any atom is 0.326 e. The van der Waals surface area contributed by atoms with Crippen LogP contribution in [-0.2, 0) is 33.6 Å². The summed E-state index contributed by atoms with van der Waals surface area (Å²) >= 11 is 0. The number of nitrogens with zero attached hydrogens (tertiary/aromatic N) is 1. The van der Waals surface area contributed by atoms with Crippen molar-refractivity contribution in [1.82, 2.24) is 20.6 Å². The van der Waals surface area contributed by atoms with E-state index in [4.69, 9.17) is 5.73 Å². The van der Waals surface area contributed by atoms with E-state index >= 15 is 0 Å². The number of phenols is 2. The molecule has 184 valence electrons. The van der Waals surface area contributed by atoms with Crippen LogP contribution in [0.15, 0.2) is 61.1 Å². The highest BCUT2D eigenvalue weighted by atomic mass is 16.4. The molecule has 3 atom stereocenters. The second-order valence-electron chi connectivity index (χ2n) is 8.09. The fourth-order valence-electron chi connectivity index (χ4n) is 3.42. The van der Waals surface area contributed by atoms with Gasteiger partial charge in [0.05, 0.1) is 12.4 Å². The lowest BCUT2D eigenvalue weighted by molar-refractivity contribution is -0.142. The molecular weight excluding hydrogens is 454 g/mol. The van der Waals surface area contributed by atoms with Gasteiger partial charge in [-0.1, -0.05) is 24.3 Å². The molecule has 0 aliphatic heterocycles. The highest BCUT2D eigenvalue weighted by molar-refractivity contribution is 5.92. The fourth-order valence-corrected chi connectivity index (χ4v) is 3.42. The number of rotatable bonds is 11. The number of carbonyl (C=O) groups is 3. The maximum atomic E-state index is 13.1. The first-order valence-electron chi connectivity index (χ1n) is 10.8. The van der Waals surface area contributed by atoms with Crippen LogP contribution >= 0.6 is 0 Å². The van der Waals surface area contributed by atoms with Gasteiger partial charge in [0.1, 0.15) is 23.6 Å². The molecule has 0 saturated heterocycles. The quantitative estimate of drug-likeness (QED) is 0.202. The summed E-state index contributed by atoms with van der Waals surface area (Å²) in [6.07, 6.45) is 3.18. The lowest BCUT2D eigenvalue weighted by Gasteiger charge is -2.23. The first-order chi connectivity index (χ1) is 16.7. The molecule has 3 aromatic rings. The second kappa shape index (κ2) is 11.7. The number of aromatic nitrogens is 2. The third-order valence-electron chi connectivity index (χ3n) is 5.33. The number of nitrogens with one attached hydrogen (secondary N) is 3. The fraction of sp³-hybridized carbons (Fsp3) is 0.250. The zero-order chi connectivity index (χ0) is 25.4. The number of carboxylic acid groups (broad SMARTS) is 1. The molecule has 0 saturated carbocycles. The molecule has 2 amide bonds. The van der Waals surface area contributed by atoms with Crippen LogP contribution in [0.2, 0.25) is 0 Å². The van der Waals surface area contributed by atoms with E-state index in [9.17, 15) is 29.7 Å². The Balaban J connectivity index is 1.74. The van der Waals surface area contributed by atoms with Gasteiger partial charge in [0.2, 0.25) is 11.8 Å². The van der Waals surface area contributed by atoms with Gasteiger partial charge < -0.3 is 36.7 Å². The summed E-state index contributed by atoms with van der Waals surface area (Å²) in [6.45, 7) is 0. The summed E-state index contributed by atoms with van der Waals surface area (Å²) in [5.41, 5.74) is 7.87. The van der Waals surface area contributed by atoms with E-state index in [1.807, 2.05) is 0 Å². The molecule has 3 unspecified atom stereocenters. The number of amides is 2. The van der Waals surface area contributed by atoms with E-state index < -0.39 is 35.9 Å². The van der Waals surface area contributed by atoms with Crippen LogP contribution in [-0.4, -0.2) is 61.2 Å². The summed E-state index contributed by atoms with van der Waals surface area (Å²) in [4.78, 5) is 44.4. The lowest BCUT2D eigenvalue weighted by atomic mass is 10.0. The molecule has 35 heavy (non-hydrogen) atoms. The van der Waals surface area contributed by atoms with E-state index in [0.717, 1.165) is 0 Å². The van der Waals surface area contributed by atoms with Crippen molar-refractivity contribution >= 4 is 17.8 Å². The molecule has 1 heterocycles.